The SMILES string of the molecule is CCS(=O)(=O)[C@H](Br)C(=O)c1ccc([N+](=O)[O-])cc1. The van der Waals surface area contributed by atoms with E-state index in [2.05, 4.69) is 15.9 Å². The number of halogens is 1. The largest absolute Gasteiger partial charge is 0.292 e. The van der Waals surface area contributed by atoms with Gasteiger partial charge in [0.15, 0.2) is 19.8 Å². The van der Waals surface area contributed by atoms with Gasteiger partial charge in [-0.25, -0.2) is 8.42 Å². The highest BCUT2D eigenvalue weighted by Gasteiger charge is 2.29. The van der Waals surface area contributed by atoms with Crippen molar-refractivity contribution in [2.24, 2.45) is 0 Å². The molecule has 1 aromatic rings. The number of nitro benzene ring substituents is 1. The molecule has 0 saturated carbocycles. The molecule has 1 rings (SSSR count). The molecule has 1 aromatic carbocycles. The number of rotatable bonds is 5. The lowest BCUT2D eigenvalue weighted by Gasteiger charge is -2.08. The second-order valence-corrected chi connectivity index (χ2v) is 7.33. The molecule has 0 aliphatic carbocycles. The van der Waals surface area contributed by atoms with Crippen molar-refractivity contribution in [3.63, 3.8) is 0 Å². The van der Waals surface area contributed by atoms with Crippen LogP contribution in [0.4, 0.5) is 5.69 Å². The second kappa shape index (κ2) is 5.57. The average Bonchev–Trinajstić information content (AvgIpc) is 2.37. The molecule has 98 valence electrons. The summed E-state index contributed by atoms with van der Waals surface area (Å²) in [5, 5.41) is 10.4. The lowest BCUT2D eigenvalue weighted by Crippen LogP contribution is -2.26. The number of benzene rings is 1. The van der Waals surface area contributed by atoms with Crippen molar-refractivity contribution in [3.05, 3.63) is 39.9 Å². The Kier molecular flexibility index (Phi) is 4.58. The second-order valence-electron chi connectivity index (χ2n) is 3.44. The van der Waals surface area contributed by atoms with Gasteiger partial charge < -0.3 is 0 Å². The van der Waals surface area contributed by atoms with Crippen LogP contribution in [0, 0.1) is 10.1 Å². The number of sulfone groups is 1. The number of non-ortho nitro benzene ring substituents is 1. The fourth-order valence-corrected chi connectivity index (χ4v) is 3.00. The molecule has 0 bridgehead atoms. The molecule has 0 heterocycles. The number of hydrogen-bond acceptors (Lipinski definition) is 5. The number of nitrogens with zero attached hydrogens (tertiary/aromatic N) is 1. The Morgan fingerprint density at radius 1 is 1.39 bits per heavy atom. The zero-order valence-corrected chi connectivity index (χ0v) is 11.8. The smallest absolute Gasteiger partial charge is 0.269 e. The van der Waals surface area contributed by atoms with E-state index in [9.17, 15) is 23.3 Å². The van der Waals surface area contributed by atoms with Crippen LogP contribution in [0.2, 0.25) is 0 Å². The number of carbonyl (C=O) groups excluding carboxylic acids is 1. The van der Waals surface area contributed by atoms with Crippen molar-refractivity contribution in [1.29, 1.82) is 0 Å². The summed E-state index contributed by atoms with van der Waals surface area (Å²) in [6.45, 7) is 1.44. The van der Waals surface area contributed by atoms with Crippen LogP contribution in [0.15, 0.2) is 24.3 Å². The normalized spacial score (nSPS) is 13.0. The number of alkyl halides is 1. The third-order valence-electron chi connectivity index (χ3n) is 2.29. The van der Waals surface area contributed by atoms with Crippen LogP contribution in [-0.4, -0.2) is 29.0 Å². The highest BCUT2D eigenvalue weighted by Crippen LogP contribution is 2.19. The van der Waals surface area contributed by atoms with Gasteiger partial charge in [0.05, 0.1) is 4.92 Å². The maximum Gasteiger partial charge on any atom is 0.269 e. The third kappa shape index (κ3) is 3.14. The molecule has 0 aromatic heterocycles. The van der Waals surface area contributed by atoms with Gasteiger partial charge in [-0.2, -0.15) is 0 Å². The van der Waals surface area contributed by atoms with Crippen LogP contribution in [0.25, 0.3) is 0 Å². The van der Waals surface area contributed by atoms with Crippen molar-refractivity contribution < 1.29 is 18.1 Å². The van der Waals surface area contributed by atoms with E-state index in [0.29, 0.717) is 0 Å². The van der Waals surface area contributed by atoms with Crippen LogP contribution in [0.1, 0.15) is 17.3 Å². The van der Waals surface area contributed by atoms with Crippen LogP contribution >= 0.6 is 15.9 Å². The quantitative estimate of drug-likeness (QED) is 0.354. The molecule has 0 unspecified atom stereocenters. The standard InChI is InChI=1S/C10H10BrNO5S/c1-2-18(16,17)10(11)9(13)7-3-5-8(6-4-7)12(14)15/h3-6,10H,2H2,1H3/t10-/m0/s1. The Morgan fingerprint density at radius 3 is 2.28 bits per heavy atom. The van der Waals surface area contributed by atoms with E-state index in [0.717, 1.165) is 12.1 Å². The van der Waals surface area contributed by atoms with Crippen LogP contribution < -0.4 is 0 Å². The highest BCUT2D eigenvalue weighted by molar-refractivity contribution is 9.11. The summed E-state index contributed by atoms with van der Waals surface area (Å²) in [7, 11) is -3.54. The number of Topliss-reactive ketones (excluding diaryl/α,β-unsaturated/α-hetero) is 1. The lowest BCUT2D eigenvalue weighted by atomic mass is 10.1. The van der Waals surface area contributed by atoms with E-state index < -0.39 is 24.7 Å². The molecule has 1 atom stereocenters. The molecule has 0 N–H and O–H groups in total. The summed E-state index contributed by atoms with van der Waals surface area (Å²) >= 11 is 2.84. The Balaban J connectivity index is 3.02. The van der Waals surface area contributed by atoms with Gasteiger partial charge in [-0.3, -0.25) is 14.9 Å². The van der Waals surface area contributed by atoms with Crippen molar-refractivity contribution >= 4 is 37.2 Å². The molecule has 0 fully saturated rings. The molecule has 6 nitrogen and oxygen atoms in total. The van der Waals surface area contributed by atoms with E-state index in [1.807, 2.05) is 0 Å². The molecule has 0 spiro atoms. The lowest BCUT2D eigenvalue weighted by molar-refractivity contribution is -0.384. The Bertz CT molecular complexity index is 566. The van der Waals surface area contributed by atoms with Gasteiger partial charge >= 0.3 is 0 Å². The van der Waals surface area contributed by atoms with Gasteiger partial charge in [0.1, 0.15) is 0 Å². The molecule has 0 amide bonds. The first-order chi connectivity index (χ1) is 8.29. The van der Waals surface area contributed by atoms with Gasteiger partial charge in [0, 0.05) is 23.4 Å². The van der Waals surface area contributed by atoms with E-state index in [1.54, 1.807) is 0 Å². The van der Waals surface area contributed by atoms with Crippen molar-refractivity contribution in [3.8, 4) is 0 Å². The van der Waals surface area contributed by atoms with Gasteiger partial charge in [-0.05, 0) is 12.1 Å². The van der Waals surface area contributed by atoms with Crippen LogP contribution in [0.5, 0.6) is 0 Å². The van der Waals surface area contributed by atoms with Gasteiger partial charge in [0.2, 0.25) is 0 Å². The molecule has 0 aliphatic heterocycles. The Hall–Kier alpha value is -1.28. The summed E-state index contributed by atoms with van der Waals surface area (Å²) in [5.41, 5.74) is -0.0458. The first-order valence-corrected chi connectivity index (χ1v) is 7.57. The molecule has 0 aliphatic rings. The Morgan fingerprint density at radius 2 is 1.89 bits per heavy atom. The summed E-state index contributed by atoms with van der Waals surface area (Å²) in [4.78, 5) is 21.7. The van der Waals surface area contributed by atoms with Crippen molar-refractivity contribution in [2.75, 3.05) is 5.75 Å². The molecular weight excluding hydrogens is 326 g/mol. The monoisotopic (exact) mass is 335 g/mol. The van der Waals surface area contributed by atoms with Gasteiger partial charge in [-0.1, -0.05) is 22.9 Å². The molecule has 0 radical (unpaired) electrons. The third-order valence-corrected chi connectivity index (χ3v) is 6.06. The molecule has 18 heavy (non-hydrogen) atoms. The summed E-state index contributed by atoms with van der Waals surface area (Å²) in [6.07, 6.45) is 0. The average molecular weight is 336 g/mol. The zero-order chi connectivity index (χ0) is 13.9. The maximum atomic E-state index is 11.8. The first-order valence-electron chi connectivity index (χ1n) is 4.94. The van der Waals surface area contributed by atoms with Gasteiger partial charge in [0.25, 0.3) is 5.69 Å². The minimum absolute atomic E-state index is 0.111. The van der Waals surface area contributed by atoms with E-state index in [4.69, 9.17) is 0 Å². The molecule has 0 saturated heterocycles. The van der Waals surface area contributed by atoms with Crippen LogP contribution in [-0.2, 0) is 9.84 Å². The van der Waals surface area contributed by atoms with Crippen molar-refractivity contribution in [1.82, 2.24) is 0 Å². The van der Waals surface area contributed by atoms with E-state index >= 15 is 0 Å². The zero-order valence-electron chi connectivity index (χ0n) is 9.37. The predicted octanol–water partition coefficient (Wildman–Crippen LogP) is 1.93. The van der Waals surface area contributed by atoms with Crippen LogP contribution in [0.3, 0.4) is 0 Å². The maximum absolute atomic E-state index is 11.8. The number of carbonyl (C=O) groups is 1. The summed E-state index contributed by atoms with van der Waals surface area (Å²) in [5.74, 6) is -0.798. The summed E-state index contributed by atoms with van der Waals surface area (Å²) in [6, 6.07) is 4.79. The topological polar surface area (TPSA) is 94.3 Å². The highest BCUT2D eigenvalue weighted by atomic mass is 79.9. The molecule has 8 heteroatoms. The number of nitro groups is 1. The fraction of sp³-hybridized carbons (Fsp3) is 0.300. The van der Waals surface area contributed by atoms with E-state index in [1.165, 1.54) is 19.1 Å². The minimum atomic E-state index is -3.54. The van der Waals surface area contributed by atoms with E-state index in [-0.39, 0.29) is 17.0 Å². The Labute approximate surface area is 112 Å². The van der Waals surface area contributed by atoms with Gasteiger partial charge in [-0.15, -0.1) is 0 Å². The number of hydrogen-bond donors (Lipinski definition) is 0. The van der Waals surface area contributed by atoms with Crippen molar-refractivity contribution in [2.45, 2.75) is 11.1 Å². The first kappa shape index (κ1) is 14.8. The number of ketones is 1. The summed E-state index contributed by atoms with van der Waals surface area (Å²) < 4.78 is 21.7. The fourth-order valence-electron chi connectivity index (χ4n) is 1.19. The predicted molar refractivity (Wildman–Crippen MR) is 69.6 cm³/mol. The minimum Gasteiger partial charge on any atom is -0.292 e. The molecular formula is C10H10BrNO5S.